The summed E-state index contributed by atoms with van der Waals surface area (Å²) in [7, 11) is 0. The summed E-state index contributed by atoms with van der Waals surface area (Å²) in [6.45, 7) is 0. The van der Waals surface area contributed by atoms with E-state index in [-0.39, 0.29) is 6.42 Å². The number of rotatable bonds is 10. The first-order valence-electron chi connectivity index (χ1n) is 6.56. The third kappa shape index (κ3) is 15.4. The van der Waals surface area contributed by atoms with Gasteiger partial charge in [0, 0.05) is 12.8 Å². The Morgan fingerprint density at radius 3 is 1.53 bits per heavy atom. The predicted molar refractivity (Wildman–Crippen MR) is 65.7 cm³/mol. The summed E-state index contributed by atoms with van der Waals surface area (Å²) in [5, 5.41) is 0. The van der Waals surface area contributed by atoms with Crippen molar-refractivity contribution in [3.05, 3.63) is 0 Å². The highest BCUT2D eigenvalue weighted by molar-refractivity contribution is 4.82. The Hall–Kier alpha value is -0.650. The van der Waals surface area contributed by atoms with E-state index in [0.717, 1.165) is 32.1 Å². The van der Waals surface area contributed by atoms with Crippen molar-refractivity contribution >= 4 is 0 Å². The molecule has 0 N–H and O–H groups in total. The van der Waals surface area contributed by atoms with Gasteiger partial charge >= 0.3 is 6.18 Å². The molecule has 0 nitrogen and oxygen atoms in total. The molecule has 0 heterocycles. The second kappa shape index (κ2) is 10.5. The van der Waals surface area contributed by atoms with Crippen molar-refractivity contribution in [3.8, 4) is 12.3 Å². The van der Waals surface area contributed by atoms with Gasteiger partial charge in [-0.15, -0.1) is 12.3 Å². The lowest BCUT2D eigenvalue weighted by Gasteiger charge is -2.05. The number of hydrogen-bond donors (Lipinski definition) is 0. The van der Waals surface area contributed by atoms with Crippen molar-refractivity contribution in [3.63, 3.8) is 0 Å². The quantitative estimate of drug-likeness (QED) is 0.355. The zero-order chi connectivity index (χ0) is 13.0. The molecular weight excluding hydrogens is 225 g/mol. The molecule has 0 aliphatic carbocycles. The Balaban J connectivity index is 3.02. The molecular formula is C14H23F3. The van der Waals surface area contributed by atoms with E-state index in [1.807, 2.05) is 0 Å². The highest BCUT2D eigenvalue weighted by Gasteiger charge is 2.25. The molecule has 0 atom stereocenters. The first-order valence-corrected chi connectivity index (χ1v) is 6.56. The molecule has 0 aliphatic heterocycles. The Kier molecular flexibility index (Phi) is 10.1. The molecule has 17 heavy (non-hydrogen) atoms. The third-order valence-electron chi connectivity index (χ3n) is 2.78. The topological polar surface area (TPSA) is 0 Å². The average molecular weight is 248 g/mol. The first-order chi connectivity index (χ1) is 8.06. The normalized spacial score (nSPS) is 11.4. The highest BCUT2D eigenvalue weighted by Crippen LogP contribution is 2.23. The van der Waals surface area contributed by atoms with Gasteiger partial charge in [0.25, 0.3) is 0 Å². The van der Waals surface area contributed by atoms with E-state index in [4.69, 9.17) is 6.42 Å². The van der Waals surface area contributed by atoms with Gasteiger partial charge in [-0.25, -0.2) is 0 Å². The largest absolute Gasteiger partial charge is 0.389 e. The fraction of sp³-hybridized carbons (Fsp3) is 0.857. The lowest BCUT2D eigenvalue weighted by Crippen LogP contribution is -2.06. The molecule has 0 aliphatic rings. The van der Waals surface area contributed by atoms with Crippen LogP contribution in [0.4, 0.5) is 13.2 Å². The fourth-order valence-corrected chi connectivity index (χ4v) is 1.79. The number of hydrogen-bond acceptors (Lipinski definition) is 0. The molecule has 0 unspecified atom stereocenters. The van der Waals surface area contributed by atoms with E-state index in [2.05, 4.69) is 5.92 Å². The minimum absolute atomic E-state index is 0.283. The smallest absolute Gasteiger partial charge is 0.171 e. The Morgan fingerprint density at radius 2 is 1.12 bits per heavy atom. The lowest BCUT2D eigenvalue weighted by molar-refractivity contribution is -0.135. The summed E-state index contributed by atoms with van der Waals surface area (Å²) in [5.41, 5.74) is 0. The van der Waals surface area contributed by atoms with Crippen molar-refractivity contribution in [1.82, 2.24) is 0 Å². The maximum atomic E-state index is 11.8. The van der Waals surface area contributed by atoms with Gasteiger partial charge in [-0.3, -0.25) is 0 Å². The first kappa shape index (κ1) is 16.4. The minimum Gasteiger partial charge on any atom is -0.171 e. The van der Waals surface area contributed by atoms with Crippen LogP contribution in [-0.2, 0) is 0 Å². The van der Waals surface area contributed by atoms with Crippen molar-refractivity contribution in [1.29, 1.82) is 0 Å². The Morgan fingerprint density at radius 1 is 0.706 bits per heavy atom. The monoisotopic (exact) mass is 248 g/mol. The van der Waals surface area contributed by atoms with Crippen LogP contribution in [0.25, 0.3) is 0 Å². The van der Waals surface area contributed by atoms with Crippen molar-refractivity contribution in [2.75, 3.05) is 0 Å². The van der Waals surface area contributed by atoms with Gasteiger partial charge in [0.2, 0.25) is 0 Å². The van der Waals surface area contributed by atoms with Crippen LogP contribution in [0.15, 0.2) is 0 Å². The second-order valence-corrected chi connectivity index (χ2v) is 4.50. The highest BCUT2D eigenvalue weighted by atomic mass is 19.4. The van der Waals surface area contributed by atoms with E-state index >= 15 is 0 Å². The summed E-state index contributed by atoms with van der Waals surface area (Å²) >= 11 is 0. The molecule has 0 saturated carbocycles. The van der Waals surface area contributed by atoms with Crippen LogP contribution in [0.1, 0.15) is 70.6 Å². The molecule has 3 heteroatoms. The predicted octanol–water partition coefficient (Wildman–Crippen LogP) is 5.47. The molecule has 0 radical (unpaired) electrons. The Bertz CT molecular complexity index is 200. The number of unbranched alkanes of at least 4 members (excludes halogenated alkanes) is 9. The van der Waals surface area contributed by atoms with Gasteiger partial charge in [-0.2, -0.15) is 13.2 Å². The number of terminal acetylenes is 1. The van der Waals surface area contributed by atoms with Gasteiger partial charge < -0.3 is 0 Å². The zero-order valence-electron chi connectivity index (χ0n) is 10.5. The van der Waals surface area contributed by atoms with Gasteiger partial charge in [-0.1, -0.05) is 44.9 Å². The summed E-state index contributed by atoms with van der Waals surface area (Å²) in [6, 6.07) is 0. The molecule has 0 aromatic rings. The number of alkyl halides is 3. The fourth-order valence-electron chi connectivity index (χ4n) is 1.79. The maximum absolute atomic E-state index is 11.8. The van der Waals surface area contributed by atoms with E-state index < -0.39 is 12.6 Å². The molecule has 0 fully saturated rings. The third-order valence-corrected chi connectivity index (χ3v) is 2.78. The summed E-state index contributed by atoms with van der Waals surface area (Å²) in [5.74, 6) is 2.61. The number of halogens is 3. The average Bonchev–Trinajstić information content (AvgIpc) is 2.24. The molecule has 0 aromatic heterocycles. The van der Waals surface area contributed by atoms with Crippen LogP contribution < -0.4 is 0 Å². The molecule has 0 rings (SSSR count). The molecule has 0 bridgehead atoms. The van der Waals surface area contributed by atoms with Crippen LogP contribution >= 0.6 is 0 Å². The minimum atomic E-state index is -3.98. The van der Waals surface area contributed by atoms with E-state index in [1.54, 1.807) is 0 Å². The van der Waals surface area contributed by atoms with Crippen LogP contribution in [0.2, 0.25) is 0 Å². The summed E-state index contributed by atoms with van der Waals surface area (Å²) in [4.78, 5) is 0. The van der Waals surface area contributed by atoms with Crippen molar-refractivity contribution in [2.45, 2.75) is 76.8 Å². The second-order valence-electron chi connectivity index (χ2n) is 4.50. The molecule has 100 valence electrons. The zero-order valence-corrected chi connectivity index (χ0v) is 10.5. The van der Waals surface area contributed by atoms with Gasteiger partial charge in [0.05, 0.1) is 0 Å². The summed E-state index contributed by atoms with van der Waals surface area (Å²) < 4.78 is 35.5. The van der Waals surface area contributed by atoms with E-state index in [0.29, 0.717) is 6.42 Å². The van der Waals surface area contributed by atoms with Crippen LogP contribution in [0.5, 0.6) is 0 Å². The van der Waals surface area contributed by atoms with Crippen molar-refractivity contribution in [2.24, 2.45) is 0 Å². The van der Waals surface area contributed by atoms with Crippen molar-refractivity contribution < 1.29 is 13.2 Å². The Labute approximate surface area is 103 Å². The SMILES string of the molecule is C#CCCCCCCCCCCCC(F)(F)F. The van der Waals surface area contributed by atoms with E-state index in [1.165, 1.54) is 19.3 Å². The molecule has 0 aromatic carbocycles. The van der Waals surface area contributed by atoms with Crippen LogP contribution in [-0.4, -0.2) is 6.18 Å². The van der Waals surface area contributed by atoms with E-state index in [9.17, 15) is 13.2 Å². The van der Waals surface area contributed by atoms with Crippen LogP contribution in [0.3, 0.4) is 0 Å². The molecule has 0 spiro atoms. The lowest BCUT2D eigenvalue weighted by atomic mass is 10.1. The van der Waals surface area contributed by atoms with Crippen LogP contribution in [0, 0.1) is 12.3 Å². The molecule has 0 saturated heterocycles. The maximum Gasteiger partial charge on any atom is 0.389 e. The van der Waals surface area contributed by atoms with Gasteiger partial charge in [-0.05, 0) is 12.8 Å². The summed E-state index contributed by atoms with van der Waals surface area (Å²) in [6.07, 6.45) is 10.2. The molecule has 0 amide bonds. The van der Waals surface area contributed by atoms with Gasteiger partial charge in [0.15, 0.2) is 0 Å². The van der Waals surface area contributed by atoms with Gasteiger partial charge in [0.1, 0.15) is 0 Å². The standard InChI is InChI=1S/C14H23F3/c1-2-3-4-5-6-7-8-9-10-11-12-13-14(15,16)17/h1H,3-13H2.